The van der Waals surface area contributed by atoms with Crippen molar-refractivity contribution in [1.29, 1.82) is 0 Å². The zero-order valence-electron chi connectivity index (χ0n) is 9.85. The molecule has 0 aromatic rings. The maximum atomic E-state index is 12.0. The summed E-state index contributed by atoms with van der Waals surface area (Å²) >= 11 is 0. The largest absolute Gasteiger partial charge is 0.481 e. The third kappa shape index (κ3) is 2.42. The normalized spacial score (nSPS) is 33.7. The van der Waals surface area contributed by atoms with E-state index in [1.54, 1.807) is 11.8 Å². The van der Waals surface area contributed by atoms with E-state index < -0.39 is 17.5 Å². The van der Waals surface area contributed by atoms with Gasteiger partial charge >= 0.3 is 5.97 Å². The summed E-state index contributed by atoms with van der Waals surface area (Å²) in [7, 11) is 0. The van der Waals surface area contributed by atoms with Gasteiger partial charge in [-0.1, -0.05) is 0 Å². The number of carbonyl (C=O) groups is 2. The molecule has 0 aromatic heterocycles. The molecule has 6 nitrogen and oxygen atoms in total. The van der Waals surface area contributed by atoms with Gasteiger partial charge in [-0.25, -0.2) is 0 Å². The van der Waals surface area contributed by atoms with Gasteiger partial charge in [0.05, 0.1) is 25.2 Å². The van der Waals surface area contributed by atoms with E-state index in [0.29, 0.717) is 26.2 Å². The van der Waals surface area contributed by atoms with Gasteiger partial charge in [0.15, 0.2) is 6.10 Å². The van der Waals surface area contributed by atoms with Crippen LogP contribution < -0.4 is 0 Å². The van der Waals surface area contributed by atoms with Crippen molar-refractivity contribution in [3.63, 3.8) is 0 Å². The number of rotatable bonds is 2. The number of carboxylic acids is 1. The summed E-state index contributed by atoms with van der Waals surface area (Å²) in [5, 5.41) is 9.09. The number of hydrogen-bond acceptors (Lipinski definition) is 4. The SMILES string of the molecule is C[C@]1(C(=O)O)CCN(C(=O)[C@@H]2COCCO2)C1. The molecule has 0 aromatic carbocycles. The first-order valence-electron chi connectivity index (χ1n) is 5.74. The van der Waals surface area contributed by atoms with E-state index in [1.165, 1.54) is 0 Å². The Hall–Kier alpha value is -1.14. The van der Waals surface area contributed by atoms with Gasteiger partial charge in [-0.05, 0) is 13.3 Å². The predicted octanol–water partition coefficient (Wildman–Crippen LogP) is -0.275. The quantitative estimate of drug-likeness (QED) is 0.722. The van der Waals surface area contributed by atoms with Crippen molar-refractivity contribution in [2.24, 2.45) is 5.41 Å². The third-order valence-electron chi connectivity index (χ3n) is 3.39. The summed E-state index contributed by atoms with van der Waals surface area (Å²) in [4.78, 5) is 24.7. The highest BCUT2D eigenvalue weighted by Crippen LogP contribution is 2.30. The van der Waals surface area contributed by atoms with E-state index in [9.17, 15) is 9.59 Å². The smallest absolute Gasteiger partial charge is 0.311 e. The molecule has 0 spiro atoms. The number of likely N-dealkylation sites (tertiary alicyclic amines) is 1. The van der Waals surface area contributed by atoms with Crippen molar-refractivity contribution in [2.45, 2.75) is 19.4 Å². The molecule has 2 saturated heterocycles. The molecule has 0 radical (unpaired) electrons. The van der Waals surface area contributed by atoms with Gasteiger partial charge in [0.1, 0.15) is 0 Å². The highest BCUT2D eigenvalue weighted by molar-refractivity contribution is 5.83. The fourth-order valence-electron chi connectivity index (χ4n) is 2.16. The molecule has 0 saturated carbocycles. The second kappa shape index (κ2) is 4.62. The Morgan fingerprint density at radius 2 is 2.18 bits per heavy atom. The van der Waals surface area contributed by atoms with Gasteiger partial charge in [-0.2, -0.15) is 0 Å². The molecule has 6 heteroatoms. The van der Waals surface area contributed by atoms with E-state index in [-0.39, 0.29) is 19.1 Å². The first kappa shape index (κ1) is 12.3. The van der Waals surface area contributed by atoms with E-state index in [0.717, 1.165) is 0 Å². The molecular formula is C11H17NO5. The lowest BCUT2D eigenvalue weighted by molar-refractivity contribution is -0.158. The minimum absolute atomic E-state index is 0.158. The second-order valence-corrected chi connectivity index (χ2v) is 4.81. The molecule has 0 unspecified atom stereocenters. The van der Waals surface area contributed by atoms with Crippen LogP contribution in [-0.2, 0) is 19.1 Å². The van der Waals surface area contributed by atoms with Crippen molar-refractivity contribution < 1.29 is 24.2 Å². The Morgan fingerprint density at radius 3 is 2.71 bits per heavy atom. The number of nitrogens with zero attached hydrogens (tertiary/aromatic N) is 1. The molecule has 2 aliphatic heterocycles. The highest BCUT2D eigenvalue weighted by atomic mass is 16.6. The average Bonchev–Trinajstić information content (AvgIpc) is 2.74. The Bertz CT molecular complexity index is 326. The van der Waals surface area contributed by atoms with Gasteiger partial charge in [-0.15, -0.1) is 0 Å². The molecule has 2 aliphatic rings. The lowest BCUT2D eigenvalue weighted by Crippen LogP contribution is -2.45. The Kier molecular flexibility index (Phi) is 3.35. The van der Waals surface area contributed by atoms with Crippen LogP contribution in [0.5, 0.6) is 0 Å². The van der Waals surface area contributed by atoms with Crippen LogP contribution in [0.4, 0.5) is 0 Å². The summed E-state index contributed by atoms with van der Waals surface area (Å²) in [5.41, 5.74) is -0.828. The number of ether oxygens (including phenoxy) is 2. The van der Waals surface area contributed by atoms with Crippen LogP contribution in [0.25, 0.3) is 0 Å². The van der Waals surface area contributed by atoms with Gasteiger partial charge in [0.2, 0.25) is 0 Å². The molecule has 17 heavy (non-hydrogen) atoms. The first-order chi connectivity index (χ1) is 8.03. The molecule has 1 amide bonds. The number of hydrogen-bond donors (Lipinski definition) is 1. The molecule has 0 aliphatic carbocycles. The second-order valence-electron chi connectivity index (χ2n) is 4.81. The summed E-state index contributed by atoms with van der Waals surface area (Å²) < 4.78 is 10.5. The minimum atomic E-state index is -0.853. The summed E-state index contributed by atoms with van der Waals surface area (Å²) in [5.74, 6) is -1.01. The molecule has 1 N–H and O–H groups in total. The average molecular weight is 243 g/mol. The zero-order valence-corrected chi connectivity index (χ0v) is 9.85. The van der Waals surface area contributed by atoms with Crippen LogP contribution in [-0.4, -0.2) is 60.9 Å². The fraction of sp³-hybridized carbons (Fsp3) is 0.818. The fourth-order valence-corrected chi connectivity index (χ4v) is 2.16. The van der Waals surface area contributed by atoms with E-state index in [2.05, 4.69) is 0 Å². The minimum Gasteiger partial charge on any atom is -0.481 e. The van der Waals surface area contributed by atoms with E-state index >= 15 is 0 Å². The van der Waals surface area contributed by atoms with Gasteiger partial charge < -0.3 is 19.5 Å². The van der Waals surface area contributed by atoms with Crippen LogP contribution in [0.3, 0.4) is 0 Å². The summed E-state index contributed by atoms with van der Waals surface area (Å²) in [6.07, 6.45) is -0.0818. The van der Waals surface area contributed by atoms with Crippen LogP contribution in [0.2, 0.25) is 0 Å². The molecule has 2 heterocycles. The third-order valence-corrected chi connectivity index (χ3v) is 3.39. The first-order valence-corrected chi connectivity index (χ1v) is 5.74. The molecule has 2 rings (SSSR count). The number of carboxylic acid groups (broad SMARTS) is 1. The maximum Gasteiger partial charge on any atom is 0.311 e. The van der Waals surface area contributed by atoms with Crippen molar-refractivity contribution in [3.05, 3.63) is 0 Å². The maximum absolute atomic E-state index is 12.0. The van der Waals surface area contributed by atoms with Gasteiger partial charge in [0.25, 0.3) is 5.91 Å². The Morgan fingerprint density at radius 1 is 1.41 bits per heavy atom. The van der Waals surface area contributed by atoms with Crippen LogP contribution >= 0.6 is 0 Å². The summed E-state index contributed by atoms with van der Waals surface area (Å²) in [6, 6.07) is 0. The molecule has 2 fully saturated rings. The number of aliphatic carboxylic acids is 1. The zero-order chi connectivity index (χ0) is 12.5. The molecule has 2 atom stereocenters. The van der Waals surface area contributed by atoms with Gasteiger partial charge in [0, 0.05) is 13.1 Å². The highest BCUT2D eigenvalue weighted by Gasteiger charge is 2.43. The predicted molar refractivity (Wildman–Crippen MR) is 57.5 cm³/mol. The number of amides is 1. The van der Waals surface area contributed by atoms with Crippen molar-refractivity contribution in [2.75, 3.05) is 32.9 Å². The van der Waals surface area contributed by atoms with E-state index in [1.807, 2.05) is 0 Å². The van der Waals surface area contributed by atoms with Gasteiger partial charge in [-0.3, -0.25) is 9.59 Å². The van der Waals surface area contributed by atoms with Crippen molar-refractivity contribution >= 4 is 11.9 Å². The van der Waals surface area contributed by atoms with Crippen LogP contribution in [0, 0.1) is 5.41 Å². The number of carbonyl (C=O) groups excluding carboxylic acids is 1. The standard InChI is InChI=1S/C11H17NO5/c1-11(10(14)15)2-3-12(7-11)9(13)8-6-16-4-5-17-8/h8H,2-7H2,1H3,(H,14,15)/t8-,11-/m0/s1. The monoisotopic (exact) mass is 243 g/mol. The Labute approximate surface area is 99.5 Å². The van der Waals surface area contributed by atoms with E-state index in [4.69, 9.17) is 14.6 Å². The van der Waals surface area contributed by atoms with Crippen LogP contribution in [0.1, 0.15) is 13.3 Å². The lowest BCUT2D eigenvalue weighted by atomic mass is 9.90. The van der Waals surface area contributed by atoms with Crippen molar-refractivity contribution in [1.82, 2.24) is 4.90 Å². The lowest BCUT2D eigenvalue weighted by Gasteiger charge is -2.27. The Balaban J connectivity index is 1.95. The molecular weight excluding hydrogens is 226 g/mol. The van der Waals surface area contributed by atoms with Crippen molar-refractivity contribution in [3.8, 4) is 0 Å². The topological polar surface area (TPSA) is 76.1 Å². The molecule has 0 bridgehead atoms. The summed E-state index contributed by atoms with van der Waals surface area (Å²) in [6.45, 7) is 3.58. The van der Waals surface area contributed by atoms with Crippen LogP contribution in [0.15, 0.2) is 0 Å². The molecule has 96 valence electrons.